The molecule has 5 heteroatoms. The summed E-state index contributed by atoms with van der Waals surface area (Å²) in [6, 6.07) is 2.16. The van der Waals surface area contributed by atoms with E-state index in [1.165, 1.54) is 5.56 Å². The molecular weight excluding hydrogens is 310 g/mol. The van der Waals surface area contributed by atoms with Crippen LogP contribution in [0.4, 0.5) is 0 Å². The van der Waals surface area contributed by atoms with E-state index >= 15 is 0 Å². The minimum absolute atomic E-state index is 0.234. The van der Waals surface area contributed by atoms with Gasteiger partial charge in [0.25, 0.3) is 0 Å². The molecule has 0 N–H and O–H groups in total. The van der Waals surface area contributed by atoms with Gasteiger partial charge in [0.2, 0.25) is 5.91 Å². The van der Waals surface area contributed by atoms with E-state index in [9.17, 15) is 4.79 Å². The Bertz CT molecular complexity index is 518. The number of hydrogen-bond acceptors (Lipinski definition) is 4. The van der Waals surface area contributed by atoms with Gasteiger partial charge in [-0.1, -0.05) is 0 Å². The first-order valence-electron chi connectivity index (χ1n) is 8.81. The fourth-order valence-corrected chi connectivity index (χ4v) is 4.51. The lowest BCUT2D eigenvalue weighted by atomic mass is 10.1. The Hall–Kier alpha value is -0.910. The maximum absolute atomic E-state index is 12.6. The molecule has 126 valence electrons. The van der Waals surface area contributed by atoms with Gasteiger partial charge in [0.15, 0.2) is 0 Å². The van der Waals surface area contributed by atoms with Crippen LogP contribution in [0.25, 0.3) is 0 Å². The number of rotatable bonds is 5. The smallest absolute Gasteiger partial charge is 0.226 e. The van der Waals surface area contributed by atoms with Gasteiger partial charge in [-0.2, -0.15) is 11.3 Å². The molecule has 3 aliphatic rings. The van der Waals surface area contributed by atoms with Crippen LogP contribution < -0.4 is 0 Å². The summed E-state index contributed by atoms with van der Waals surface area (Å²) in [6.07, 6.45) is 4.45. The summed E-state index contributed by atoms with van der Waals surface area (Å²) in [6.45, 7) is 4.27. The Morgan fingerprint density at radius 2 is 2.22 bits per heavy atom. The number of piperidine rings is 1. The molecule has 23 heavy (non-hydrogen) atoms. The number of carbonyl (C=O) groups excluding carboxylic acids is 1. The minimum atomic E-state index is 0.234. The van der Waals surface area contributed by atoms with Crippen molar-refractivity contribution in [3.8, 4) is 0 Å². The molecule has 0 spiro atoms. The van der Waals surface area contributed by atoms with Crippen LogP contribution in [0.5, 0.6) is 0 Å². The van der Waals surface area contributed by atoms with Crippen molar-refractivity contribution in [2.24, 2.45) is 11.8 Å². The van der Waals surface area contributed by atoms with Crippen LogP contribution >= 0.6 is 11.3 Å². The molecule has 1 aromatic heterocycles. The summed E-state index contributed by atoms with van der Waals surface area (Å²) in [5.74, 6) is 1.65. The molecule has 1 unspecified atom stereocenters. The maximum atomic E-state index is 12.6. The van der Waals surface area contributed by atoms with Crippen molar-refractivity contribution in [3.63, 3.8) is 0 Å². The van der Waals surface area contributed by atoms with E-state index < -0.39 is 0 Å². The Balaban J connectivity index is 1.20. The van der Waals surface area contributed by atoms with Gasteiger partial charge in [-0.25, -0.2) is 0 Å². The average Bonchev–Trinajstić information content (AvgIpc) is 3.01. The Kier molecular flexibility index (Phi) is 4.69. The van der Waals surface area contributed by atoms with Crippen LogP contribution in [0.1, 0.15) is 37.2 Å². The molecule has 4 rings (SSSR count). The monoisotopic (exact) mass is 335 g/mol. The van der Waals surface area contributed by atoms with E-state index in [4.69, 9.17) is 9.47 Å². The Morgan fingerprint density at radius 1 is 1.35 bits per heavy atom. The zero-order valence-electron chi connectivity index (χ0n) is 13.5. The third-order valence-electron chi connectivity index (χ3n) is 5.42. The van der Waals surface area contributed by atoms with Gasteiger partial charge in [0.1, 0.15) is 0 Å². The van der Waals surface area contributed by atoms with Crippen molar-refractivity contribution in [1.29, 1.82) is 0 Å². The molecule has 1 aliphatic carbocycles. The topological polar surface area (TPSA) is 38.8 Å². The summed E-state index contributed by atoms with van der Waals surface area (Å²) in [4.78, 5) is 14.7. The third-order valence-corrected chi connectivity index (χ3v) is 6.13. The highest BCUT2D eigenvalue weighted by molar-refractivity contribution is 7.08. The van der Waals surface area contributed by atoms with Crippen LogP contribution in [0.3, 0.4) is 0 Å². The molecule has 4 nitrogen and oxygen atoms in total. The van der Waals surface area contributed by atoms with Gasteiger partial charge in [-0.3, -0.25) is 4.79 Å². The molecule has 2 saturated heterocycles. The minimum Gasteiger partial charge on any atom is -0.381 e. The van der Waals surface area contributed by atoms with Crippen LogP contribution in [0.2, 0.25) is 0 Å². The fraction of sp³-hybridized carbons (Fsp3) is 0.722. The lowest BCUT2D eigenvalue weighted by Gasteiger charge is -2.32. The van der Waals surface area contributed by atoms with E-state index in [1.54, 1.807) is 11.3 Å². The second kappa shape index (κ2) is 6.91. The molecule has 0 radical (unpaired) electrons. The lowest BCUT2D eigenvalue weighted by molar-refractivity contribution is -0.135. The number of ether oxygens (including phenoxy) is 2. The normalized spacial score (nSPS) is 31.5. The fourth-order valence-electron chi connectivity index (χ4n) is 3.79. The molecule has 3 atom stereocenters. The molecule has 1 amide bonds. The summed E-state index contributed by atoms with van der Waals surface area (Å²) in [5, 5.41) is 4.29. The molecule has 2 aliphatic heterocycles. The van der Waals surface area contributed by atoms with Gasteiger partial charge in [-0.05, 0) is 54.0 Å². The van der Waals surface area contributed by atoms with E-state index in [1.807, 2.05) is 0 Å². The first-order chi connectivity index (χ1) is 11.3. The van der Waals surface area contributed by atoms with Crippen molar-refractivity contribution in [1.82, 2.24) is 4.90 Å². The molecule has 0 bridgehead atoms. The predicted molar refractivity (Wildman–Crippen MR) is 89.6 cm³/mol. The highest BCUT2D eigenvalue weighted by atomic mass is 32.1. The summed E-state index contributed by atoms with van der Waals surface area (Å²) < 4.78 is 11.4. The average molecular weight is 335 g/mol. The number of likely N-dealkylation sites (tertiary alicyclic amines) is 1. The zero-order valence-corrected chi connectivity index (χ0v) is 14.3. The quantitative estimate of drug-likeness (QED) is 0.830. The van der Waals surface area contributed by atoms with Gasteiger partial charge in [-0.15, -0.1) is 0 Å². The molecular formula is C18H25NO3S. The Labute approximate surface area is 141 Å². The highest BCUT2D eigenvalue weighted by Crippen LogP contribution is 2.49. The number of nitrogens with zero attached hydrogens (tertiary/aromatic N) is 1. The summed E-state index contributed by atoms with van der Waals surface area (Å²) >= 11 is 1.72. The first kappa shape index (κ1) is 15.6. The number of hydrogen-bond donors (Lipinski definition) is 0. The second-order valence-electron chi connectivity index (χ2n) is 7.09. The van der Waals surface area contributed by atoms with Crippen molar-refractivity contribution >= 4 is 17.2 Å². The van der Waals surface area contributed by atoms with E-state index in [0.717, 1.165) is 58.6 Å². The van der Waals surface area contributed by atoms with Crippen LogP contribution in [0, 0.1) is 11.8 Å². The lowest BCUT2D eigenvalue weighted by Crippen LogP contribution is -2.42. The summed E-state index contributed by atoms with van der Waals surface area (Å²) in [5.41, 5.74) is 1.35. The first-order valence-corrected chi connectivity index (χ1v) is 9.76. The van der Waals surface area contributed by atoms with Gasteiger partial charge in [0, 0.05) is 31.5 Å². The zero-order chi connectivity index (χ0) is 15.6. The standard InChI is InChI=1S/C18H25NO3S/c20-18(17-9-16(17)14-4-8-23-12-14)19-5-1-15(2-6-19)22-11-13-3-7-21-10-13/h4,8,12-13,15-17H,1-3,5-7,9-11H2/t13?,16-,17+/m0/s1. The SMILES string of the molecule is O=C([C@@H]1C[C@H]1c1ccsc1)N1CCC(OCC2CCOC2)CC1. The number of thiophene rings is 1. The largest absolute Gasteiger partial charge is 0.381 e. The molecule has 0 aromatic carbocycles. The molecule has 3 fully saturated rings. The Morgan fingerprint density at radius 3 is 2.91 bits per heavy atom. The van der Waals surface area contributed by atoms with Crippen molar-refractivity contribution in [2.75, 3.05) is 32.9 Å². The van der Waals surface area contributed by atoms with E-state index in [2.05, 4.69) is 21.7 Å². The highest BCUT2D eigenvalue weighted by Gasteiger charge is 2.46. The van der Waals surface area contributed by atoms with Crippen molar-refractivity contribution in [3.05, 3.63) is 22.4 Å². The molecule has 1 aromatic rings. The maximum Gasteiger partial charge on any atom is 0.226 e. The third kappa shape index (κ3) is 3.62. The second-order valence-corrected chi connectivity index (χ2v) is 7.87. The van der Waals surface area contributed by atoms with E-state index in [0.29, 0.717) is 23.8 Å². The number of amides is 1. The predicted octanol–water partition coefficient (Wildman–Crippen LogP) is 2.90. The van der Waals surface area contributed by atoms with Crippen LogP contribution in [-0.2, 0) is 14.3 Å². The number of carbonyl (C=O) groups is 1. The van der Waals surface area contributed by atoms with Gasteiger partial charge >= 0.3 is 0 Å². The van der Waals surface area contributed by atoms with Gasteiger partial charge in [0.05, 0.1) is 19.3 Å². The summed E-state index contributed by atoms with van der Waals surface area (Å²) in [7, 11) is 0. The molecule has 1 saturated carbocycles. The van der Waals surface area contributed by atoms with Crippen molar-refractivity contribution in [2.45, 2.75) is 37.7 Å². The van der Waals surface area contributed by atoms with E-state index in [-0.39, 0.29) is 5.92 Å². The molecule has 3 heterocycles. The van der Waals surface area contributed by atoms with Crippen LogP contribution in [-0.4, -0.2) is 49.8 Å². The van der Waals surface area contributed by atoms with Gasteiger partial charge < -0.3 is 14.4 Å². The van der Waals surface area contributed by atoms with Crippen molar-refractivity contribution < 1.29 is 14.3 Å². The van der Waals surface area contributed by atoms with Crippen LogP contribution in [0.15, 0.2) is 16.8 Å².